The molecular weight excluding hydrogens is 308 g/mol. The van der Waals surface area contributed by atoms with Gasteiger partial charge in [0.2, 0.25) is 0 Å². The molecule has 0 aliphatic rings. The van der Waals surface area contributed by atoms with Gasteiger partial charge < -0.3 is 5.11 Å². The molecule has 0 unspecified atom stereocenters. The predicted octanol–water partition coefficient (Wildman–Crippen LogP) is 4.18. The fourth-order valence-corrected chi connectivity index (χ4v) is 3.06. The Morgan fingerprint density at radius 2 is 1.12 bits per heavy atom. The molecule has 25 heavy (non-hydrogen) atoms. The zero-order valence-corrected chi connectivity index (χ0v) is 14.1. The van der Waals surface area contributed by atoms with E-state index in [2.05, 4.69) is 0 Å². The molecule has 0 saturated heterocycles. The van der Waals surface area contributed by atoms with Gasteiger partial charge in [-0.15, -0.1) is 0 Å². The summed E-state index contributed by atoms with van der Waals surface area (Å²) in [6.07, 6.45) is 0. The lowest BCUT2D eigenvalue weighted by Crippen LogP contribution is -2.18. The highest BCUT2D eigenvalue weighted by Gasteiger charge is 2.23. The Balaban J connectivity index is 2.24. The maximum atomic E-state index is 13.1. The van der Waals surface area contributed by atoms with Crippen LogP contribution >= 0.6 is 0 Å². The summed E-state index contributed by atoms with van der Waals surface area (Å²) in [6.45, 7) is 1.47. The highest BCUT2D eigenvalue weighted by atomic mass is 16.3. The second kappa shape index (κ2) is 7.63. The van der Waals surface area contributed by atoms with E-state index in [9.17, 15) is 9.90 Å². The van der Waals surface area contributed by atoms with E-state index in [1.54, 1.807) is 12.1 Å². The first-order valence-corrected chi connectivity index (χ1v) is 8.26. The molecule has 0 fully saturated rings. The molecule has 0 N–H and O–H groups in total. The van der Waals surface area contributed by atoms with Crippen molar-refractivity contribution in [3.05, 3.63) is 113 Å². The topological polar surface area (TPSA) is 40.1 Å². The van der Waals surface area contributed by atoms with Crippen molar-refractivity contribution in [3.63, 3.8) is 0 Å². The van der Waals surface area contributed by atoms with Crippen LogP contribution in [0.3, 0.4) is 0 Å². The van der Waals surface area contributed by atoms with E-state index in [0.717, 1.165) is 11.1 Å². The van der Waals surface area contributed by atoms with Crippen LogP contribution < -0.4 is 5.11 Å². The first-order chi connectivity index (χ1) is 12.2. The number of rotatable bonds is 5. The first-order valence-electron chi connectivity index (χ1n) is 8.26. The second-order valence-corrected chi connectivity index (χ2v) is 5.92. The van der Waals surface area contributed by atoms with Crippen molar-refractivity contribution >= 4 is 11.5 Å². The van der Waals surface area contributed by atoms with Crippen LogP contribution in [0.4, 0.5) is 0 Å². The summed E-state index contributed by atoms with van der Waals surface area (Å²) in [5.41, 5.74) is 2.69. The van der Waals surface area contributed by atoms with Gasteiger partial charge in [-0.2, -0.15) is 0 Å². The lowest BCUT2D eigenvalue weighted by atomic mass is 9.81. The van der Waals surface area contributed by atoms with Crippen LogP contribution in [0.25, 0.3) is 5.76 Å². The zero-order chi connectivity index (χ0) is 17.6. The van der Waals surface area contributed by atoms with Crippen molar-refractivity contribution in [3.8, 4) is 0 Å². The molecule has 0 heterocycles. The van der Waals surface area contributed by atoms with Gasteiger partial charge in [0, 0.05) is 5.92 Å². The largest absolute Gasteiger partial charge is 0.872 e. The highest BCUT2D eigenvalue weighted by Crippen LogP contribution is 2.35. The zero-order valence-electron chi connectivity index (χ0n) is 14.1. The van der Waals surface area contributed by atoms with Crippen LogP contribution in [0.1, 0.15) is 29.5 Å². The molecule has 0 bridgehead atoms. The van der Waals surface area contributed by atoms with Gasteiger partial charge >= 0.3 is 0 Å². The molecule has 0 spiro atoms. The first kappa shape index (κ1) is 16.7. The Kier molecular flexibility index (Phi) is 5.10. The number of hydrogen-bond acceptors (Lipinski definition) is 2. The number of allylic oxidation sites excluding steroid dienone is 1. The molecule has 0 amide bonds. The van der Waals surface area contributed by atoms with Gasteiger partial charge in [-0.3, -0.25) is 4.79 Å². The molecule has 2 nitrogen and oxygen atoms in total. The average molecular weight is 327 g/mol. The summed E-state index contributed by atoms with van der Waals surface area (Å²) < 4.78 is 0. The van der Waals surface area contributed by atoms with Crippen LogP contribution in [-0.4, -0.2) is 5.78 Å². The van der Waals surface area contributed by atoms with Gasteiger partial charge in [0.05, 0.1) is 0 Å². The van der Waals surface area contributed by atoms with E-state index >= 15 is 0 Å². The Labute approximate surface area is 148 Å². The monoisotopic (exact) mass is 327 g/mol. The van der Waals surface area contributed by atoms with Gasteiger partial charge in [-0.1, -0.05) is 96.8 Å². The van der Waals surface area contributed by atoms with Crippen molar-refractivity contribution in [1.82, 2.24) is 0 Å². The highest BCUT2D eigenvalue weighted by molar-refractivity contribution is 6.01. The summed E-state index contributed by atoms with van der Waals surface area (Å²) >= 11 is 0. The van der Waals surface area contributed by atoms with Crippen LogP contribution in [0.2, 0.25) is 0 Å². The SMILES string of the molecule is CC(=O)/C(=C(/[O-])c1ccccc1)C(c1ccccc1)c1ccccc1. The normalized spacial score (nSPS) is 11.9. The molecule has 0 aromatic heterocycles. The lowest BCUT2D eigenvalue weighted by molar-refractivity contribution is -0.245. The number of carbonyl (C=O) groups excluding carboxylic acids is 1. The summed E-state index contributed by atoms with van der Waals surface area (Å²) in [7, 11) is 0. The second-order valence-electron chi connectivity index (χ2n) is 5.92. The fraction of sp³-hybridized carbons (Fsp3) is 0.0870. The molecule has 0 saturated carbocycles. The Bertz CT molecular complexity index is 826. The van der Waals surface area contributed by atoms with Gasteiger partial charge in [0.25, 0.3) is 0 Å². The Morgan fingerprint density at radius 3 is 1.52 bits per heavy atom. The van der Waals surface area contributed by atoms with Crippen LogP contribution in [0.5, 0.6) is 0 Å². The minimum absolute atomic E-state index is 0.202. The minimum Gasteiger partial charge on any atom is -0.872 e. The van der Waals surface area contributed by atoms with Crippen LogP contribution in [0.15, 0.2) is 96.6 Å². The molecule has 3 aromatic carbocycles. The third-order valence-electron chi connectivity index (χ3n) is 4.21. The number of hydrogen-bond donors (Lipinski definition) is 0. The average Bonchev–Trinajstić information content (AvgIpc) is 2.67. The third-order valence-corrected chi connectivity index (χ3v) is 4.21. The number of benzene rings is 3. The summed E-state index contributed by atoms with van der Waals surface area (Å²) in [5.74, 6) is -0.801. The van der Waals surface area contributed by atoms with Gasteiger partial charge in [0.15, 0.2) is 5.78 Å². The smallest absolute Gasteiger partial charge is 0.156 e. The Morgan fingerprint density at radius 1 is 0.720 bits per heavy atom. The number of ketones is 1. The molecular formula is C23H19O2-. The number of Topliss-reactive ketones (excluding diaryl/α,β-unsaturated/α-hetero) is 1. The quantitative estimate of drug-likeness (QED) is 0.521. The maximum Gasteiger partial charge on any atom is 0.156 e. The van der Waals surface area contributed by atoms with Crippen molar-refractivity contribution in [2.45, 2.75) is 12.8 Å². The summed E-state index contributed by atoms with van der Waals surface area (Å²) in [5, 5.41) is 13.1. The molecule has 0 radical (unpaired) electrons. The molecule has 124 valence electrons. The standard InChI is InChI=1S/C23H20O2/c1-17(24)21(23(25)20-15-9-4-10-16-20)22(18-11-5-2-6-12-18)19-13-7-3-8-14-19/h2-16,22,25H,1H3/p-1/b23-21-. The fourth-order valence-electron chi connectivity index (χ4n) is 3.06. The molecule has 3 aromatic rings. The van der Waals surface area contributed by atoms with E-state index in [0.29, 0.717) is 11.1 Å². The minimum atomic E-state index is -0.382. The molecule has 2 heteroatoms. The molecule has 3 rings (SSSR count). The van der Waals surface area contributed by atoms with Crippen molar-refractivity contribution < 1.29 is 9.90 Å². The van der Waals surface area contributed by atoms with Crippen LogP contribution in [0, 0.1) is 0 Å². The van der Waals surface area contributed by atoms with Crippen molar-refractivity contribution in [1.29, 1.82) is 0 Å². The van der Waals surface area contributed by atoms with Crippen LogP contribution in [-0.2, 0) is 4.79 Å². The van der Waals surface area contributed by atoms with E-state index < -0.39 is 0 Å². The van der Waals surface area contributed by atoms with E-state index in [1.165, 1.54) is 6.92 Å². The lowest BCUT2D eigenvalue weighted by Gasteiger charge is -2.26. The third kappa shape index (κ3) is 3.69. The Hall–Kier alpha value is -3.13. The van der Waals surface area contributed by atoms with Crippen molar-refractivity contribution in [2.24, 2.45) is 0 Å². The maximum absolute atomic E-state index is 13.1. The molecule has 0 aliphatic carbocycles. The summed E-state index contributed by atoms with van der Waals surface area (Å²) in [4.78, 5) is 12.5. The van der Waals surface area contributed by atoms with E-state index in [-0.39, 0.29) is 17.5 Å². The van der Waals surface area contributed by atoms with Crippen molar-refractivity contribution in [2.75, 3.05) is 0 Å². The molecule has 0 atom stereocenters. The van der Waals surface area contributed by atoms with E-state index in [4.69, 9.17) is 0 Å². The number of carbonyl (C=O) groups is 1. The van der Waals surface area contributed by atoms with E-state index in [1.807, 2.05) is 78.9 Å². The molecule has 0 aliphatic heterocycles. The van der Waals surface area contributed by atoms with Gasteiger partial charge in [-0.25, -0.2) is 0 Å². The summed E-state index contributed by atoms with van der Waals surface area (Å²) in [6, 6.07) is 28.4. The van der Waals surface area contributed by atoms with Gasteiger partial charge in [0.1, 0.15) is 0 Å². The predicted molar refractivity (Wildman–Crippen MR) is 98.8 cm³/mol. The van der Waals surface area contributed by atoms with Gasteiger partial charge in [-0.05, 0) is 29.2 Å².